The third-order valence-corrected chi connectivity index (χ3v) is 12.4. The van der Waals surface area contributed by atoms with Crippen molar-refractivity contribution in [1.82, 2.24) is 29.7 Å². The molecule has 0 radical (unpaired) electrons. The molecule has 0 unspecified atom stereocenters. The number of hydrogen-bond acceptors (Lipinski definition) is 12. The highest BCUT2D eigenvalue weighted by atomic mass is 35.5. The van der Waals surface area contributed by atoms with Gasteiger partial charge < -0.3 is 29.0 Å². The number of carboxylic acids is 1. The van der Waals surface area contributed by atoms with Gasteiger partial charge in [-0.25, -0.2) is 29.1 Å². The van der Waals surface area contributed by atoms with Crippen molar-refractivity contribution in [3.05, 3.63) is 131 Å². The number of halogens is 2. The van der Waals surface area contributed by atoms with E-state index in [4.69, 9.17) is 35.5 Å². The van der Waals surface area contributed by atoms with E-state index in [1.807, 2.05) is 55.5 Å². The molecule has 1 aliphatic rings. The number of hydrogen-bond donors (Lipinski definition) is 1. The van der Waals surface area contributed by atoms with Gasteiger partial charge in [0.25, 0.3) is 0 Å². The molecule has 4 aromatic carbocycles. The minimum Gasteiger partial charge on any atom is -0.496 e. The summed E-state index contributed by atoms with van der Waals surface area (Å²) in [5.74, 6) is 0.665. The lowest BCUT2D eigenvalue weighted by molar-refractivity contribution is -0.145. The second-order valence-corrected chi connectivity index (χ2v) is 16.2. The van der Waals surface area contributed by atoms with Crippen LogP contribution in [0.4, 0.5) is 4.39 Å². The summed E-state index contributed by atoms with van der Waals surface area (Å²) in [5.41, 5.74) is 4.86. The van der Waals surface area contributed by atoms with Crippen LogP contribution in [0, 0.1) is 12.7 Å². The summed E-state index contributed by atoms with van der Waals surface area (Å²) in [7, 11) is 3.72. The molecule has 62 heavy (non-hydrogen) atoms. The van der Waals surface area contributed by atoms with Crippen molar-refractivity contribution >= 4 is 39.1 Å². The van der Waals surface area contributed by atoms with Crippen LogP contribution < -0.4 is 18.9 Å². The molecule has 0 spiro atoms. The maximum absolute atomic E-state index is 14.2. The topological polar surface area (TPSA) is 132 Å². The van der Waals surface area contributed by atoms with E-state index in [2.05, 4.69) is 31.8 Å². The standard InChI is InChI=1S/C47H44ClFN6O6S/c1-29-34(16-17-38(42(29)48)59-25-24-55-22-20-54(2)21-23-55)40-41-45(51-28-52-46(41)62-43(40)30-12-14-32(49)15-13-30)61-39(47(56)57)26-31-8-4-6-10-36(31)60-27-33-18-19-50-44(53-33)35-9-5-7-11-37(35)58-3/h4-19,28,39H,20-27H2,1-3H3,(H,56,57)/t39-/m1/s1. The molecule has 8 rings (SSSR count). The molecule has 318 valence electrons. The predicted octanol–water partition coefficient (Wildman–Crippen LogP) is 8.87. The molecule has 1 aliphatic heterocycles. The fourth-order valence-electron chi connectivity index (χ4n) is 7.37. The van der Waals surface area contributed by atoms with Gasteiger partial charge in [0.1, 0.15) is 47.4 Å². The van der Waals surface area contributed by atoms with Gasteiger partial charge in [-0.05, 0) is 78.7 Å². The minimum atomic E-state index is -1.38. The van der Waals surface area contributed by atoms with Crippen LogP contribution >= 0.6 is 22.9 Å². The van der Waals surface area contributed by atoms with E-state index < -0.39 is 12.1 Å². The monoisotopic (exact) mass is 874 g/mol. The number of thiophene rings is 1. The highest BCUT2D eigenvalue weighted by molar-refractivity contribution is 7.22. The van der Waals surface area contributed by atoms with Crippen LogP contribution in [0.15, 0.2) is 104 Å². The van der Waals surface area contributed by atoms with Crippen molar-refractivity contribution in [2.75, 3.05) is 53.5 Å². The fourth-order valence-corrected chi connectivity index (χ4v) is 8.74. The summed E-state index contributed by atoms with van der Waals surface area (Å²) in [6.45, 7) is 7.26. The van der Waals surface area contributed by atoms with E-state index in [1.165, 1.54) is 29.8 Å². The zero-order valence-corrected chi connectivity index (χ0v) is 36.0. The molecule has 3 aromatic heterocycles. The van der Waals surface area contributed by atoms with Crippen molar-refractivity contribution in [3.63, 3.8) is 0 Å². The van der Waals surface area contributed by atoms with E-state index >= 15 is 0 Å². The van der Waals surface area contributed by atoms with Crippen LogP contribution in [0.1, 0.15) is 16.8 Å². The second kappa shape index (κ2) is 19.2. The first-order valence-electron chi connectivity index (χ1n) is 20.1. The Kier molecular flexibility index (Phi) is 13.2. The lowest BCUT2D eigenvalue weighted by Crippen LogP contribution is -2.45. The van der Waals surface area contributed by atoms with Gasteiger partial charge in [-0.15, -0.1) is 11.3 Å². The number of aromatic nitrogens is 4. The van der Waals surface area contributed by atoms with Crippen molar-refractivity contribution in [2.24, 2.45) is 0 Å². The van der Waals surface area contributed by atoms with Crippen LogP contribution in [0.25, 0.3) is 43.2 Å². The van der Waals surface area contributed by atoms with Gasteiger partial charge in [-0.1, -0.05) is 60.1 Å². The first kappa shape index (κ1) is 42.5. The van der Waals surface area contributed by atoms with Gasteiger partial charge in [0.05, 0.1) is 28.8 Å². The molecule has 1 fully saturated rings. The molecular formula is C47H44ClFN6O6S. The van der Waals surface area contributed by atoms with E-state index in [-0.39, 0.29) is 24.7 Å². The van der Waals surface area contributed by atoms with Gasteiger partial charge >= 0.3 is 5.97 Å². The fraction of sp³-hybridized carbons (Fsp3) is 0.255. The summed E-state index contributed by atoms with van der Waals surface area (Å²) < 4.78 is 38.6. The second-order valence-electron chi connectivity index (χ2n) is 14.8. The molecule has 0 bridgehead atoms. The number of carbonyl (C=O) groups is 1. The molecule has 1 saturated heterocycles. The molecule has 0 saturated carbocycles. The number of benzene rings is 4. The van der Waals surface area contributed by atoms with E-state index in [1.54, 1.807) is 43.6 Å². The molecule has 12 nitrogen and oxygen atoms in total. The van der Waals surface area contributed by atoms with Crippen LogP contribution in [-0.4, -0.2) is 100 Å². The van der Waals surface area contributed by atoms with Crippen molar-refractivity contribution < 1.29 is 33.2 Å². The molecule has 0 aliphatic carbocycles. The minimum absolute atomic E-state index is 0.0530. The Balaban J connectivity index is 1.08. The number of piperazine rings is 1. The molecule has 1 N–H and O–H groups in total. The molecule has 1 atom stereocenters. The third-order valence-electron chi connectivity index (χ3n) is 10.8. The summed E-state index contributed by atoms with van der Waals surface area (Å²) >= 11 is 8.42. The average Bonchev–Trinajstić information content (AvgIpc) is 3.68. The number of rotatable bonds is 16. The van der Waals surface area contributed by atoms with Crippen molar-refractivity contribution in [1.29, 1.82) is 0 Å². The van der Waals surface area contributed by atoms with Crippen LogP contribution in [0.3, 0.4) is 0 Å². The van der Waals surface area contributed by atoms with E-state index in [9.17, 15) is 14.3 Å². The number of carboxylic acid groups (broad SMARTS) is 1. The third kappa shape index (κ3) is 9.48. The van der Waals surface area contributed by atoms with Crippen LogP contribution in [0.2, 0.25) is 5.02 Å². The van der Waals surface area contributed by atoms with Gasteiger partial charge in [0.2, 0.25) is 12.0 Å². The van der Waals surface area contributed by atoms with Crippen LogP contribution in [-0.2, 0) is 17.8 Å². The highest BCUT2D eigenvalue weighted by Gasteiger charge is 2.28. The summed E-state index contributed by atoms with van der Waals surface area (Å²) in [5, 5.41) is 11.6. The first-order chi connectivity index (χ1) is 30.2. The predicted molar refractivity (Wildman–Crippen MR) is 238 cm³/mol. The van der Waals surface area contributed by atoms with Gasteiger partial charge in [-0.2, -0.15) is 0 Å². The Morgan fingerprint density at radius 3 is 2.42 bits per heavy atom. The number of para-hydroxylation sites is 2. The zero-order chi connectivity index (χ0) is 43.2. The number of likely N-dealkylation sites (N-methyl/N-ethyl adjacent to an activating group) is 1. The number of nitrogens with zero attached hydrogens (tertiary/aromatic N) is 6. The molecule has 0 amide bonds. The maximum Gasteiger partial charge on any atom is 0.345 e. The number of methoxy groups -OCH3 is 1. The van der Waals surface area contributed by atoms with E-state index in [0.29, 0.717) is 61.7 Å². The quantitative estimate of drug-likeness (QED) is 0.0995. The van der Waals surface area contributed by atoms with Gasteiger partial charge in [-0.3, -0.25) is 4.90 Å². The van der Waals surface area contributed by atoms with Crippen LogP contribution in [0.5, 0.6) is 23.1 Å². The smallest absolute Gasteiger partial charge is 0.345 e. The lowest BCUT2D eigenvalue weighted by atomic mass is 9.96. The highest BCUT2D eigenvalue weighted by Crippen LogP contribution is 2.49. The largest absolute Gasteiger partial charge is 0.496 e. The Morgan fingerprint density at radius 1 is 0.887 bits per heavy atom. The Bertz CT molecular complexity index is 2690. The summed E-state index contributed by atoms with van der Waals surface area (Å²) in [6.07, 6.45) is 1.57. The molecule has 4 heterocycles. The normalized spacial score (nSPS) is 13.8. The summed E-state index contributed by atoms with van der Waals surface area (Å²) in [6, 6.07) is 26.4. The zero-order valence-electron chi connectivity index (χ0n) is 34.4. The van der Waals surface area contributed by atoms with Crippen molar-refractivity contribution in [3.8, 4) is 56.1 Å². The molecule has 15 heteroatoms. The SMILES string of the molecule is COc1ccccc1-c1nccc(COc2ccccc2C[C@@H](Oc2ncnc3sc(-c4ccc(F)cc4)c(-c4ccc(OCCN5CCN(C)CC5)c(Cl)c4C)c23)C(=O)O)n1. The Morgan fingerprint density at radius 2 is 1.65 bits per heavy atom. The first-order valence-corrected chi connectivity index (χ1v) is 21.3. The number of ether oxygens (including phenoxy) is 4. The maximum atomic E-state index is 14.2. The molecular weight excluding hydrogens is 831 g/mol. The summed E-state index contributed by atoms with van der Waals surface area (Å²) in [4.78, 5) is 37.2. The average molecular weight is 875 g/mol. The lowest BCUT2D eigenvalue weighted by Gasteiger charge is -2.32. The van der Waals surface area contributed by atoms with E-state index in [0.717, 1.165) is 59.9 Å². The Labute approximate surface area is 367 Å². The Hall–Kier alpha value is -6.19. The number of fused-ring (bicyclic) bond motifs is 1. The van der Waals surface area contributed by atoms with Crippen molar-refractivity contribution in [2.45, 2.75) is 26.1 Å². The van der Waals surface area contributed by atoms with Gasteiger partial charge in [0, 0.05) is 55.8 Å². The molecule has 7 aromatic rings. The number of aliphatic carboxylic acids is 1. The van der Waals surface area contributed by atoms with Gasteiger partial charge in [0.15, 0.2) is 5.82 Å².